The van der Waals surface area contributed by atoms with Crippen LogP contribution in [0.5, 0.6) is 0 Å². The van der Waals surface area contributed by atoms with E-state index in [1.165, 1.54) is 17.5 Å². The van der Waals surface area contributed by atoms with Crippen molar-refractivity contribution in [2.75, 3.05) is 6.61 Å². The van der Waals surface area contributed by atoms with Crippen LogP contribution in [0, 0.1) is 0 Å². The first-order valence-corrected chi connectivity index (χ1v) is 8.16. The molecule has 1 aromatic carbocycles. The molecule has 0 saturated heterocycles. The number of amides is 2. The van der Waals surface area contributed by atoms with Crippen LogP contribution in [0.2, 0.25) is 0 Å². The van der Waals surface area contributed by atoms with Crippen molar-refractivity contribution >= 4 is 29.1 Å². The number of carbonyl (C=O) groups is 3. The topological polar surface area (TPSA) is 101 Å². The molecule has 0 spiro atoms. The van der Waals surface area contributed by atoms with Crippen LogP contribution in [0.4, 0.5) is 0 Å². The predicted octanol–water partition coefficient (Wildman–Crippen LogP) is 2.25. The predicted molar refractivity (Wildman–Crippen MR) is 91.1 cm³/mol. The minimum Gasteiger partial charge on any atom is -0.452 e. The highest BCUT2D eigenvalue weighted by atomic mass is 32.1. The average molecular weight is 355 g/mol. The van der Waals surface area contributed by atoms with Crippen molar-refractivity contribution in [3.05, 3.63) is 64.5 Å². The number of thiophene rings is 1. The van der Waals surface area contributed by atoms with Crippen molar-refractivity contribution in [3.63, 3.8) is 0 Å². The molecule has 0 atom stereocenters. The first-order valence-electron chi connectivity index (χ1n) is 7.29. The van der Waals surface area contributed by atoms with Gasteiger partial charge in [-0.25, -0.2) is 4.79 Å². The van der Waals surface area contributed by atoms with Crippen molar-refractivity contribution in [1.82, 2.24) is 15.5 Å². The highest BCUT2D eigenvalue weighted by molar-refractivity contribution is 7.12. The number of nitrogens with one attached hydrogen (secondary N) is 2. The van der Waals surface area contributed by atoms with Gasteiger partial charge in [-0.3, -0.25) is 20.0 Å². The van der Waals surface area contributed by atoms with Gasteiger partial charge in [-0.05, 0) is 11.4 Å². The number of aromatic amines is 1. The molecule has 3 rings (SSSR count). The highest BCUT2D eigenvalue weighted by Crippen LogP contribution is 2.21. The molecule has 8 heteroatoms. The van der Waals surface area contributed by atoms with Gasteiger partial charge in [0.15, 0.2) is 6.61 Å². The van der Waals surface area contributed by atoms with E-state index in [0.717, 1.165) is 5.56 Å². The van der Waals surface area contributed by atoms with Crippen molar-refractivity contribution in [3.8, 4) is 11.3 Å². The number of H-pyrrole nitrogens is 1. The molecule has 0 fully saturated rings. The Morgan fingerprint density at radius 3 is 2.64 bits per heavy atom. The lowest BCUT2D eigenvalue weighted by molar-refractivity contribution is -0.123. The Morgan fingerprint density at radius 2 is 1.92 bits per heavy atom. The largest absolute Gasteiger partial charge is 0.452 e. The maximum absolute atomic E-state index is 12.2. The molecule has 126 valence electrons. The van der Waals surface area contributed by atoms with Gasteiger partial charge in [0.25, 0.3) is 11.8 Å². The lowest BCUT2D eigenvalue weighted by atomic mass is 10.1. The van der Waals surface area contributed by atoms with Crippen molar-refractivity contribution < 1.29 is 19.1 Å². The van der Waals surface area contributed by atoms with Crippen LogP contribution < -0.4 is 5.32 Å². The highest BCUT2D eigenvalue weighted by Gasteiger charge is 2.18. The summed E-state index contributed by atoms with van der Waals surface area (Å²) in [6.07, 6.45) is 1.33. The van der Waals surface area contributed by atoms with E-state index in [4.69, 9.17) is 4.74 Å². The third-order valence-corrected chi connectivity index (χ3v) is 4.12. The molecule has 2 aromatic heterocycles. The van der Waals surface area contributed by atoms with Gasteiger partial charge in [0.05, 0.1) is 16.8 Å². The second-order valence-corrected chi connectivity index (χ2v) is 5.90. The Kier molecular flexibility index (Phi) is 5.00. The molecule has 0 saturated carbocycles. The molecule has 0 aliphatic heterocycles. The third kappa shape index (κ3) is 3.99. The fourth-order valence-corrected chi connectivity index (χ4v) is 2.73. The van der Waals surface area contributed by atoms with Gasteiger partial charge in [0.2, 0.25) is 0 Å². The van der Waals surface area contributed by atoms with Gasteiger partial charge in [-0.1, -0.05) is 36.4 Å². The van der Waals surface area contributed by atoms with Crippen LogP contribution in [-0.2, 0) is 9.53 Å². The Morgan fingerprint density at radius 1 is 1.12 bits per heavy atom. The first kappa shape index (κ1) is 16.6. The van der Waals surface area contributed by atoms with E-state index in [-0.39, 0.29) is 5.56 Å². The maximum Gasteiger partial charge on any atom is 0.342 e. The van der Waals surface area contributed by atoms with E-state index < -0.39 is 24.4 Å². The molecule has 7 nitrogen and oxygen atoms in total. The number of nitrogens with zero attached hydrogens (tertiary/aromatic N) is 1. The summed E-state index contributed by atoms with van der Waals surface area (Å²) in [6, 6.07) is 12.4. The molecular weight excluding hydrogens is 342 g/mol. The molecule has 3 aromatic rings. The van der Waals surface area contributed by atoms with Gasteiger partial charge in [0, 0.05) is 5.56 Å². The quantitative estimate of drug-likeness (QED) is 0.684. The Balaban J connectivity index is 1.59. The van der Waals surface area contributed by atoms with Crippen LogP contribution in [0.15, 0.2) is 54.0 Å². The number of hydrogen-bond donors (Lipinski definition) is 2. The van der Waals surface area contributed by atoms with Gasteiger partial charge in [-0.2, -0.15) is 5.10 Å². The summed E-state index contributed by atoms with van der Waals surface area (Å²) in [4.78, 5) is 36.1. The number of hydrogen-bond acceptors (Lipinski definition) is 6. The molecule has 0 radical (unpaired) electrons. The summed E-state index contributed by atoms with van der Waals surface area (Å²) < 4.78 is 4.97. The van der Waals surface area contributed by atoms with E-state index in [1.54, 1.807) is 17.5 Å². The van der Waals surface area contributed by atoms with Crippen molar-refractivity contribution in [1.29, 1.82) is 0 Å². The molecule has 0 unspecified atom stereocenters. The minimum atomic E-state index is -0.702. The Labute approximate surface area is 146 Å². The number of rotatable bonds is 5. The summed E-state index contributed by atoms with van der Waals surface area (Å²) >= 11 is 1.21. The molecule has 0 aliphatic carbocycles. The van der Waals surface area contributed by atoms with Crippen molar-refractivity contribution in [2.24, 2.45) is 0 Å². The smallest absolute Gasteiger partial charge is 0.342 e. The normalized spacial score (nSPS) is 10.2. The zero-order valence-corrected chi connectivity index (χ0v) is 13.7. The lowest BCUT2D eigenvalue weighted by Crippen LogP contribution is -2.33. The second-order valence-electron chi connectivity index (χ2n) is 4.96. The maximum atomic E-state index is 12.2. The first-order chi connectivity index (χ1) is 12.1. The Bertz CT molecular complexity index is 888. The summed E-state index contributed by atoms with van der Waals surface area (Å²) in [5.41, 5.74) is 1.48. The summed E-state index contributed by atoms with van der Waals surface area (Å²) in [7, 11) is 0. The monoisotopic (exact) mass is 355 g/mol. The fraction of sp³-hybridized carbons (Fsp3) is 0.0588. The van der Waals surface area contributed by atoms with Crippen LogP contribution in [0.25, 0.3) is 11.3 Å². The van der Waals surface area contributed by atoms with E-state index in [9.17, 15) is 14.4 Å². The average Bonchev–Trinajstić information content (AvgIpc) is 3.31. The molecule has 0 aliphatic rings. The summed E-state index contributed by atoms with van der Waals surface area (Å²) in [5, 5.41) is 10.5. The van der Waals surface area contributed by atoms with Crippen molar-refractivity contribution in [2.45, 2.75) is 0 Å². The van der Waals surface area contributed by atoms with Crippen LogP contribution >= 0.6 is 11.3 Å². The number of benzene rings is 1. The van der Waals surface area contributed by atoms with Crippen LogP contribution in [-0.4, -0.2) is 34.6 Å². The second kappa shape index (κ2) is 7.54. The van der Waals surface area contributed by atoms with E-state index in [0.29, 0.717) is 10.6 Å². The zero-order chi connectivity index (χ0) is 17.6. The third-order valence-electron chi connectivity index (χ3n) is 3.25. The molecular formula is C17H13N3O4S. The standard InChI is InChI=1S/C17H13N3O4S/c21-14(19-16(22)13-7-4-8-25-13)10-24-17(23)12-9-18-20-15(12)11-5-2-1-3-6-11/h1-9H,10H2,(H,18,20)(H,19,21,22). The number of imide groups is 1. The summed E-state index contributed by atoms with van der Waals surface area (Å²) in [6.45, 7) is -0.560. The van der Waals surface area contributed by atoms with Gasteiger partial charge >= 0.3 is 5.97 Å². The summed E-state index contributed by atoms with van der Waals surface area (Å²) in [5.74, 6) is -1.92. The molecule has 2 N–H and O–H groups in total. The van der Waals surface area contributed by atoms with E-state index >= 15 is 0 Å². The number of esters is 1. The molecule has 2 heterocycles. The number of aromatic nitrogens is 2. The van der Waals surface area contributed by atoms with E-state index in [2.05, 4.69) is 15.5 Å². The van der Waals surface area contributed by atoms with Crippen LogP contribution in [0.1, 0.15) is 20.0 Å². The van der Waals surface area contributed by atoms with E-state index in [1.807, 2.05) is 30.3 Å². The zero-order valence-electron chi connectivity index (χ0n) is 12.9. The van der Waals surface area contributed by atoms with Crippen LogP contribution in [0.3, 0.4) is 0 Å². The van der Waals surface area contributed by atoms with Gasteiger partial charge in [0.1, 0.15) is 5.56 Å². The fourth-order valence-electron chi connectivity index (χ4n) is 2.11. The molecule has 25 heavy (non-hydrogen) atoms. The lowest BCUT2D eigenvalue weighted by Gasteiger charge is -2.05. The van der Waals surface area contributed by atoms with Gasteiger partial charge < -0.3 is 4.74 Å². The number of carbonyl (C=O) groups excluding carboxylic acids is 3. The molecule has 2 amide bonds. The minimum absolute atomic E-state index is 0.212. The van der Waals surface area contributed by atoms with Gasteiger partial charge in [-0.15, -0.1) is 11.3 Å². The Hall–Kier alpha value is -3.26. The number of ether oxygens (including phenoxy) is 1. The molecule has 0 bridgehead atoms. The SMILES string of the molecule is O=C(COC(=O)c1cn[nH]c1-c1ccccc1)NC(=O)c1cccs1.